The van der Waals surface area contributed by atoms with Crippen molar-refractivity contribution < 1.29 is 23.4 Å². The van der Waals surface area contributed by atoms with Gasteiger partial charge < -0.3 is 14.6 Å². The minimum absolute atomic E-state index is 0.110. The van der Waals surface area contributed by atoms with Crippen LogP contribution in [-0.2, 0) is 11.8 Å². The Labute approximate surface area is 157 Å². The summed E-state index contributed by atoms with van der Waals surface area (Å²) in [5.41, 5.74) is -0.356. The van der Waals surface area contributed by atoms with Crippen molar-refractivity contribution in [3.63, 3.8) is 0 Å². The van der Waals surface area contributed by atoms with E-state index in [9.17, 15) is 5.11 Å². The van der Waals surface area contributed by atoms with Crippen LogP contribution < -0.4 is 9.47 Å². The number of aliphatic hydroxyl groups is 1. The van der Waals surface area contributed by atoms with Crippen LogP contribution in [0.25, 0.3) is 0 Å². The number of nitrogens with zero attached hydrogens (tertiary/aromatic N) is 1. The van der Waals surface area contributed by atoms with Gasteiger partial charge in [-0.25, -0.2) is 8.78 Å². The van der Waals surface area contributed by atoms with E-state index in [0.717, 1.165) is 24.2 Å². The molecule has 2 aliphatic heterocycles. The molecule has 27 heavy (non-hydrogen) atoms. The van der Waals surface area contributed by atoms with Crippen LogP contribution in [0.1, 0.15) is 43.2 Å². The van der Waals surface area contributed by atoms with Gasteiger partial charge in [-0.15, -0.1) is 0 Å². The molecule has 1 saturated heterocycles. The first-order valence-corrected chi connectivity index (χ1v) is 10.1. The summed E-state index contributed by atoms with van der Waals surface area (Å²) in [7, 11) is 1.54. The molecule has 6 heteroatoms. The Morgan fingerprint density at radius 2 is 2.07 bits per heavy atom. The van der Waals surface area contributed by atoms with Crippen molar-refractivity contribution in [3.8, 4) is 11.5 Å². The smallest absolute Gasteiger partial charge is 0.285 e. The summed E-state index contributed by atoms with van der Waals surface area (Å²) in [6.45, 7) is 1.72. The molecule has 4 atom stereocenters. The second kappa shape index (κ2) is 4.95. The van der Waals surface area contributed by atoms with Gasteiger partial charge in [-0.2, -0.15) is 0 Å². The van der Waals surface area contributed by atoms with Crippen LogP contribution in [0.15, 0.2) is 12.1 Å². The van der Waals surface area contributed by atoms with Gasteiger partial charge in [0.2, 0.25) is 0 Å². The molecule has 2 heterocycles. The number of rotatable bonds is 3. The van der Waals surface area contributed by atoms with Gasteiger partial charge in [-0.1, -0.05) is 6.07 Å². The number of ether oxygens (including phenoxy) is 2. The van der Waals surface area contributed by atoms with Crippen molar-refractivity contribution in [1.29, 1.82) is 0 Å². The Morgan fingerprint density at radius 3 is 2.81 bits per heavy atom. The van der Waals surface area contributed by atoms with E-state index in [2.05, 4.69) is 4.90 Å². The largest absolute Gasteiger partial charge is 0.493 e. The number of alkyl halides is 2. The average Bonchev–Trinajstić information content (AvgIpc) is 3.37. The molecule has 2 saturated carbocycles. The van der Waals surface area contributed by atoms with E-state index in [1.807, 2.05) is 12.1 Å². The molecule has 146 valence electrons. The summed E-state index contributed by atoms with van der Waals surface area (Å²) in [6.07, 6.45) is 2.19. The molecule has 6 rings (SSSR count). The molecule has 1 N–H and O–H groups in total. The second-order valence-electron chi connectivity index (χ2n) is 9.19. The SMILES string of the molecule is COc1ccc2c3c1O[C@@H]1C(F)(F)CC[C@]4(O)[C@H](C2)N(CC2CC2)CCC314. The molecule has 2 bridgehead atoms. The van der Waals surface area contributed by atoms with Gasteiger partial charge in [0.25, 0.3) is 5.92 Å². The molecule has 3 aliphatic carbocycles. The highest BCUT2D eigenvalue weighted by Crippen LogP contribution is 2.68. The number of halogens is 2. The molecular formula is C21H25F2NO3. The van der Waals surface area contributed by atoms with Crippen LogP contribution in [-0.4, -0.2) is 53.9 Å². The van der Waals surface area contributed by atoms with Gasteiger partial charge in [-0.05, 0) is 56.2 Å². The molecule has 1 spiro atoms. The molecular weight excluding hydrogens is 352 g/mol. The topological polar surface area (TPSA) is 41.9 Å². The number of hydrogen-bond acceptors (Lipinski definition) is 4. The fourth-order valence-electron chi connectivity index (χ4n) is 6.56. The summed E-state index contributed by atoms with van der Waals surface area (Å²) < 4.78 is 41.5. The van der Waals surface area contributed by atoms with Gasteiger partial charge in [0.15, 0.2) is 17.6 Å². The normalized spacial score (nSPS) is 41.0. The van der Waals surface area contributed by atoms with Gasteiger partial charge in [0.05, 0.1) is 18.1 Å². The lowest BCUT2D eigenvalue weighted by molar-refractivity contribution is -0.248. The number of likely N-dealkylation sites (tertiary alicyclic amines) is 1. The van der Waals surface area contributed by atoms with Crippen LogP contribution >= 0.6 is 0 Å². The Morgan fingerprint density at radius 1 is 1.26 bits per heavy atom. The second-order valence-corrected chi connectivity index (χ2v) is 9.19. The monoisotopic (exact) mass is 377 g/mol. The Hall–Kier alpha value is -1.40. The van der Waals surface area contributed by atoms with Crippen molar-refractivity contribution in [1.82, 2.24) is 4.90 Å². The zero-order chi connectivity index (χ0) is 18.6. The Kier molecular flexibility index (Phi) is 3.03. The molecule has 0 radical (unpaired) electrons. The molecule has 5 aliphatic rings. The molecule has 1 aromatic rings. The maximum absolute atomic E-state index is 15.1. The third-order valence-corrected chi connectivity index (χ3v) is 7.94. The first-order chi connectivity index (χ1) is 12.9. The number of benzene rings is 1. The van der Waals surface area contributed by atoms with Crippen LogP contribution in [0, 0.1) is 5.92 Å². The van der Waals surface area contributed by atoms with Gasteiger partial charge in [0.1, 0.15) is 0 Å². The highest BCUT2D eigenvalue weighted by Gasteiger charge is 2.77. The van der Waals surface area contributed by atoms with E-state index < -0.39 is 23.0 Å². The summed E-state index contributed by atoms with van der Waals surface area (Å²) >= 11 is 0. The van der Waals surface area contributed by atoms with Crippen LogP contribution in [0.4, 0.5) is 8.78 Å². The third kappa shape index (κ3) is 1.84. The van der Waals surface area contributed by atoms with E-state index in [-0.39, 0.29) is 18.9 Å². The highest BCUT2D eigenvalue weighted by atomic mass is 19.3. The molecule has 4 nitrogen and oxygen atoms in total. The summed E-state index contributed by atoms with van der Waals surface area (Å²) in [5.74, 6) is -1.31. The molecule has 1 aromatic carbocycles. The first-order valence-electron chi connectivity index (χ1n) is 10.1. The van der Waals surface area contributed by atoms with Crippen molar-refractivity contribution in [2.24, 2.45) is 5.92 Å². The van der Waals surface area contributed by atoms with Crippen molar-refractivity contribution >= 4 is 0 Å². The highest BCUT2D eigenvalue weighted by molar-refractivity contribution is 5.63. The number of piperidine rings is 1. The maximum atomic E-state index is 15.1. The number of methoxy groups -OCH3 is 1. The molecule has 0 aromatic heterocycles. The molecule has 3 fully saturated rings. The molecule has 0 amide bonds. The first kappa shape index (κ1) is 16.5. The van der Waals surface area contributed by atoms with E-state index in [4.69, 9.17) is 9.47 Å². The summed E-state index contributed by atoms with van der Waals surface area (Å²) in [5, 5.41) is 12.0. The summed E-state index contributed by atoms with van der Waals surface area (Å²) in [6, 6.07) is 3.71. The van der Waals surface area contributed by atoms with Crippen molar-refractivity contribution in [3.05, 3.63) is 23.3 Å². The Balaban J connectivity index is 1.57. The van der Waals surface area contributed by atoms with Gasteiger partial charge in [0, 0.05) is 24.6 Å². The molecule has 1 unspecified atom stereocenters. The lowest BCUT2D eigenvalue weighted by Crippen LogP contribution is -2.78. The average molecular weight is 377 g/mol. The van der Waals surface area contributed by atoms with Crippen LogP contribution in [0.5, 0.6) is 11.5 Å². The van der Waals surface area contributed by atoms with Crippen molar-refractivity contribution in [2.45, 2.75) is 67.6 Å². The predicted molar refractivity (Wildman–Crippen MR) is 94.6 cm³/mol. The number of hydrogen-bond donors (Lipinski definition) is 1. The van der Waals surface area contributed by atoms with Gasteiger partial charge in [-0.3, -0.25) is 4.90 Å². The fraction of sp³-hybridized carbons (Fsp3) is 0.714. The fourth-order valence-corrected chi connectivity index (χ4v) is 6.56. The quantitative estimate of drug-likeness (QED) is 0.880. The lowest BCUT2D eigenvalue weighted by Gasteiger charge is -2.64. The van der Waals surface area contributed by atoms with E-state index in [0.29, 0.717) is 30.3 Å². The standard InChI is InChI=1S/C21H25F2NO3/c1-26-14-5-4-13-10-15-20(25)6-7-21(22,23)18-19(20,16(13)17(14)27-18)8-9-24(15)11-12-2-3-12/h4-5,12,15,18,25H,2-3,6-11H2,1H3/t15-,18-,19?,20-/m0/s1. The zero-order valence-electron chi connectivity index (χ0n) is 15.5. The van der Waals surface area contributed by atoms with Crippen molar-refractivity contribution in [2.75, 3.05) is 20.2 Å². The minimum atomic E-state index is -2.95. The maximum Gasteiger partial charge on any atom is 0.285 e. The van der Waals surface area contributed by atoms with E-state index >= 15 is 8.78 Å². The minimum Gasteiger partial charge on any atom is -0.493 e. The van der Waals surface area contributed by atoms with E-state index in [1.54, 1.807) is 0 Å². The third-order valence-electron chi connectivity index (χ3n) is 7.94. The Bertz CT molecular complexity index is 826. The van der Waals surface area contributed by atoms with E-state index in [1.165, 1.54) is 20.0 Å². The summed E-state index contributed by atoms with van der Waals surface area (Å²) in [4.78, 5) is 2.38. The van der Waals surface area contributed by atoms with Crippen LogP contribution in [0.2, 0.25) is 0 Å². The lowest BCUT2D eigenvalue weighted by atomic mass is 9.48. The predicted octanol–water partition coefficient (Wildman–Crippen LogP) is 2.89. The van der Waals surface area contributed by atoms with Gasteiger partial charge >= 0.3 is 0 Å². The van der Waals surface area contributed by atoms with Crippen LogP contribution in [0.3, 0.4) is 0 Å². The zero-order valence-corrected chi connectivity index (χ0v) is 15.5.